The fourth-order valence-corrected chi connectivity index (χ4v) is 4.35. The number of ether oxygens (including phenoxy) is 1. The first kappa shape index (κ1) is 23.2. The molecule has 0 saturated carbocycles. The lowest BCUT2D eigenvalue weighted by atomic mass is 9.98. The number of aryl methyl sites for hydroxylation is 1. The number of aromatic amines is 1. The predicted octanol–water partition coefficient (Wildman–Crippen LogP) is 3.52. The van der Waals surface area contributed by atoms with Crippen LogP contribution in [0.4, 0.5) is 0 Å². The molecule has 5 rings (SSSR count). The second kappa shape index (κ2) is 9.95. The standard InChI is InChI=1S/C26H25N7O3/c1-3-7-19-14-23(34)33-25(22(15-27-33)26(35)36-4-2)32(19)16-17-10-12-18(13-11-17)20-8-5-6-9-21(20)24-28-30-31-29-24/h5-6,8-15H,3-4,7,16H2,1-2H3,(H,28,29,30,31). The molecule has 10 nitrogen and oxygen atoms in total. The van der Waals surface area contributed by atoms with Gasteiger partial charge in [0.05, 0.1) is 12.8 Å². The normalized spacial score (nSPS) is 11.2. The molecule has 1 N–H and O–H groups in total. The van der Waals surface area contributed by atoms with Crippen LogP contribution >= 0.6 is 0 Å². The number of hydrogen-bond acceptors (Lipinski definition) is 7. The van der Waals surface area contributed by atoms with E-state index in [1.54, 1.807) is 13.0 Å². The SMILES string of the molecule is CCCc1cc(=O)n2ncc(C(=O)OCC)c2n1Cc1ccc(-c2ccccc2-c2nn[nH]n2)cc1. The maximum atomic E-state index is 12.7. The Morgan fingerprint density at radius 1 is 1.06 bits per heavy atom. The van der Waals surface area contributed by atoms with Gasteiger partial charge in [-0.2, -0.15) is 14.8 Å². The van der Waals surface area contributed by atoms with Crippen LogP contribution in [0.1, 0.15) is 41.9 Å². The van der Waals surface area contributed by atoms with Gasteiger partial charge in [0.25, 0.3) is 5.56 Å². The highest BCUT2D eigenvalue weighted by atomic mass is 16.5. The van der Waals surface area contributed by atoms with E-state index < -0.39 is 5.97 Å². The van der Waals surface area contributed by atoms with E-state index in [2.05, 4.69) is 32.6 Å². The van der Waals surface area contributed by atoms with Crippen LogP contribution in [0.3, 0.4) is 0 Å². The van der Waals surface area contributed by atoms with Crippen molar-refractivity contribution in [3.63, 3.8) is 0 Å². The molecule has 0 bridgehead atoms. The average Bonchev–Trinajstić information content (AvgIpc) is 3.58. The topological polar surface area (TPSA) is 120 Å². The summed E-state index contributed by atoms with van der Waals surface area (Å²) in [5.74, 6) is 0.0319. The van der Waals surface area contributed by atoms with E-state index in [0.717, 1.165) is 34.4 Å². The van der Waals surface area contributed by atoms with Gasteiger partial charge in [0.2, 0.25) is 5.82 Å². The summed E-state index contributed by atoms with van der Waals surface area (Å²) < 4.78 is 8.46. The van der Waals surface area contributed by atoms with Gasteiger partial charge < -0.3 is 9.30 Å². The number of aromatic nitrogens is 7. The number of hydrogen-bond donors (Lipinski definition) is 1. The van der Waals surface area contributed by atoms with Crippen molar-refractivity contribution in [2.24, 2.45) is 0 Å². The number of benzene rings is 2. The number of esters is 1. The highest BCUT2D eigenvalue weighted by Gasteiger charge is 2.20. The number of fused-ring (bicyclic) bond motifs is 1. The summed E-state index contributed by atoms with van der Waals surface area (Å²) in [6, 6.07) is 17.6. The molecule has 10 heteroatoms. The molecule has 3 aromatic heterocycles. The zero-order valence-corrected chi connectivity index (χ0v) is 20.0. The zero-order valence-electron chi connectivity index (χ0n) is 20.0. The lowest BCUT2D eigenvalue weighted by molar-refractivity contribution is 0.0528. The van der Waals surface area contributed by atoms with Crippen LogP contribution < -0.4 is 5.56 Å². The molecular formula is C26H25N7O3. The van der Waals surface area contributed by atoms with Crippen molar-refractivity contribution in [1.29, 1.82) is 0 Å². The number of carbonyl (C=O) groups excluding carboxylic acids is 1. The van der Waals surface area contributed by atoms with Crippen molar-refractivity contribution in [3.8, 4) is 22.5 Å². The molecule has 0 spiro atoms. The first-order valence-corrected chi connectivity index (χ1v) is 11.8. The fraction of sp³-hybridized carbons (Fsp3) is 0.231. The molecule has 0 saturated heterocycles. The van der Waals surface area contributed by atoms with E-state index in [0.29, 0.717) is 24.4 Å². The summed E-state index contributed by atoms with van der Waals surface area (Å²) in [7, 11) is 0. The van der Waals surface area contributed by atoms with Crippen LogP contribution in [0.5, 0.6) is 0 Å². The second-order valence-corrected chi connectivity index (χ2v) is 8.30. The van der Waals surface area contributed by atoms with Gasteiger partial charge in [0.1, 0.15) is 5.56 Å². The van der Waals surface area contributed by atoms with Crippen molar-refractivity contribution in [3.05, 3.63) is 88.0 Å². The maximum absolute atomic E-state index is 12.7. The van der Waals surface area contributed by atoms with Crippen LogP contribution in [-0.4, -0.2) is 47.4 Å². The van der Waals surface area contributed by atoms with Crippen LogP contribution in [-0.2, 0) is 17.7 Å². The molecule has 0 radical (unpaired) electrons. The first-order valence-electron chi connectivity index (χ1n) is 11.8. The van der Waals surface area contributed by atoms with Crippen molar-refractivity contribution < 1.29 is 9.53 Å². The Morgan fingerprint density at radius 2 is 1.83 bits per heavy atom. The Kier molecular flexibility index (Phi) is 6.40. The Morgan fingerprint density at radius 3 is 2.53 bits per heavy atom. The summed E-state index contributed by atoms with van der Waals surface area (Å²) >= 11 is 0. The third-order valence-corrected chi connectivity index (χ3v) is 5.97. The minimum atomic E-state index is -0.497. The highest BCUT2D eigenvalue weighted by Crippen LogP contribution is 2.30. The molecule has 3 heterocycles. The lowest BCUT2D eigenvalue weighted by Crippen LogP contribution is -2.23. The largest absolute Gasteiger partial charge is 0.462 e. The zero-order chi connectivity index (χ0) is 25.1. The first-order chi connectivity index (χ1) is 17.6. The van der Waals surface area contributed by atoms with Crippen LogP contribution in [0.25, 0.3) is 28.2 Å². The Balaban J connectivity index is 1.55. The number of nitrogens with one attached hydrogen (secondary N) is 1. The maximum Gasteiger partial charge on any atom is 0.343 e. The van der Waals surface area contributed by atoms with Gasteiger partial charge in [0.15, 0.2) is 5.65 Å². The summed E-state index contributed by atoms with van der Waals surface area (Å²) in [4.78, 5) is 25.3. The van der Waals surface area contributed by atoms with Gasteiger partial charge >= 0.3 is 5.97 Å². The Hall–Kier alpha value is -4.60. The average molecular weight is 484 g/mol. The van der Waals surface area contributed by atoms with Crippen LogP contribution in [0.2, 0.25) is 0 Å². The quantitative estimate of drug-likeness (QED) is 0.335. The summed E-state index contributed by atoms with van der Waals surface area (Å²) in [6.45, 7) is 4.50. The van der Waals surface area contributed by atoms with Gasteiger partial charge in [-0.3, -0.25) is 4.79 Å². The van der Waals surface area contributed by atoms with Crippen molar-refractivity contribution in [1.82, 2.24) is 34.8 Å². The fourth-order valence-electron chi connectivity index (χ4n) is 4.35. The number of H-pyrrole nitrogens is 1. The minimum Gasteiger partial charge on any atom is -0.462 e. The number of tetrazole rings is 1. The molecule has 0 aliphatic carbocycles. The summed E-state index contributed by atoms with van der Waals surface area (Å²) in [6.07, 6.45) is 2.94. The van der Waals surface area contributed by atoms with E-state index in [4.69, 9.17) is 4.74 Å². The third-order valence-electron chi connectivity index (χ3n) is 5.97. The molecule has 0 fully saturated rings. The molecule has 0 amide bonds. The monoisotopic (exact) mass is 483 g/mol. The van der Waals surface area contributed by atoms with Gasteiger partial charge in [-0.25, -0.2) is 4.79 Å². The van der Waals surface area contributed by atoms with Gasteiger partial charge in [-0.15, -0.1) is 10.2 Å². The number of rotatable bonds is 8. The third kappa shape index (κ3) is 4.28. The molecule has 36 heavy (non-hydrogen) atoms. The van der Waals surface area contributed by atoms with E-state index in [9.17, 15) is 9.59 Å². The van der Waals surface area contributed by atoms with Crippen molar-refractivity contribution >= 4 is 11.6 Å². The van der Waals surface area contributed by atoms with E-state index in [1.807, 2.05) is 53.1 Å². The van der Waals surface area contributed by atoms with Crippen molar-refractivity contribution in [2.45, 2.75) is 33.2 Å². The molecular weight excluding hydrogens is 458 g/mol. The van der Waals surface area contributed by atoms with E-state index in [1.165, 1.54) is 10.7 Å². The Bertz CT molecular complexity index is 1570. The smallest absolute Gasteiger partial charge is 0.343 e. The van der Waals surface area contributed by atoms with Crippen LogP contribution in [0, 0.1) is 0 Å². The molecule has 0 atom stereocenters. The predicted molar refractivity (Wildman–Crippen MR) is 134 cm³/mol. The molecule has 5 aromatic rings. The van der Waals surface area contributed by atoms with Gasteiger partial charge in [-0.1, -0.05) is 61.9 Å². The molecule has 0 aliphatic heterocycles. The Labute approximate surface area is 206 Å². The van der Waals surface area contributed by atoms with Gasteiger partial charge in [0, 0.05) is 23.9 Å². The van der Waals surface area contributed by atoms with Crippen LogP contribution in [0.15, 0.2) is 65.6 Å². The minimum absolute atomic E-state index is 0.238. The number of nitrogens with zero attached hydrogens (tertiary/aromatic N) is 6. The molecule has 0 unspecified atom stereocenters. The van der Waals surface area contributed by atoms with Gasteiger partial charge in [-0.05, 0) is 35.2 Å². The van der Waals surface area contributed by atoms with E-state index >= 15 is 0 Å². The van der Waals surface area contributed by atoms with E-state index in [-0.39, 0.29) is 17.7 Å². The highest BCUT2D eigenvalue weighted by molar-refractivity contribution is 5.95. The molecule has 0 aliphatic rings. The lowest BCUT2D eigenvalue weighted by Gasteiger charge is -2.16. The second-order valence-electron chi connectivity index (χ2n) is 8.30. The molecule has 2 aromatic carbocycles. The summed E-state index contributed by atoms with van der Waals surface area (Å²) in [5, 5.41) is 18.6. The number of carbonyl (C=O) groups is 1. The summed E-state index contributed by atoms with van der Waals surface area (Å²) in [5.41, 5.74) is 5.17. The molecule has 182 valence electrons. The van der Waals surface area contributed by atoms with Crippen molar-refractivity contribution in [2.75, 3.05) is 6.61 Å².